The Morgan fingerprint density at radius 2 is 1.30 bits per heavy atom. The Morgan fingerprint density at radius 1 is 0.667 bits per heavy atom. The summed E-state index contributed by atoms with van der Waals surface area (Å²) in [7, 11) is 0. The highest BCUT2D eigenvalue weighted by Crippen LogP contribution is 2.35. The fraction of sp³-hybridized carbons (Fsp3) is 0.913. The Labute approximate surface area is 182 Å². The van der Waals surface area contributed by atoms with E-state index in [0.717, 1.165) is 59.0 Å². The lowest BCUT2D eigenvalue weighted by molar-refractivity contribution is -0.0190. The van der Waals surface area contributed by atoms with Gasteiger partial charge in [0.1, 0.15) is 5.82 Å². The van der Waals surface area contributed by atoms with Gasteiger partial charge in [-0.05, 0) is 38.8 Å². The van der Waals surface area contributed by atoms with Crippen LogP contribution in [-0.2, 0) is 4.74 Å². The zero-order valence-electron chi connectivity index (χ0n) is 18.9. The van der Waals surface area contributed by atoms with Crippen molar-refractivity contribution in [2.45, 2.75) is 51.0 Å². The quantitative estimate of drug-likeness (QED) is 0.739. The van der Waals surface area contributed by atoms with Gasteiger partial charge in [-0.2, -0.15) is 0 Å². The maximum Gasteiger partial charge on any atom is 0.140 e. The van der Waals surface area contributed by atoms with Crippen molar-refractivity contribution in [2.75, 3.05) is 85.2 Å². The maximum atomic E-state index is 5.75. The van der Waals surface area contributed by atoms with Crippen molar-refractivity contribution in [3.63, 3.8) is 0 Å². The number of hydrazine groups is 1. The van der Waals surface area contributed by atoms with Gasteiger partial charge >= 0.3 is 0 Å². The van der Waals surface area contributed by atoms with Crippen LogP contribution in [-0.4, -0.2) is 116 Å². The van der Waals surface area contributed by atoms with Gasteiger partial charge in [0.05, 0.1) is 31.5 Å². The summed E-state index contributed by atoms with van der Waals surface area (Å²) in [6.07, 6.45) is 9.59. The van der Waals surface area contributed by atoms with E-state index in [1.54, 1.807) is 5.70 Å². The van der Waals surface area contributed by atoms with Crippen molar-refractivity contribution in [1.82, 2.24) is 30.0 Å². The number of morpholine rings is 1. The highest BCUT2D eigenvalue weighted by atomic mass is 16.5. The minimum atomic E-state index is 0.538. The van der Waals surface area contributed by atoms with Gasteiger partial charge in [-0.25, -0.2) is 5.01 Å². The molecule has 4 fully saturated rings. The normalized spacial score (nSPS) is 30.8. The number of rotatable bonds is 4. The molecule has 5 aliphatic heterocycles. The highest BCUT2D eigenvalue weighted by molar-refractivity contribution is 5.26. The number of ether oxygens (including phenoxy) is 1. The van der Waals surface area contributed by atoms with Crippen LogP contribution in [0.3, 0.4) is 0 Å². The lowest BCUT2D eigenvalue weighted by Crippen LogP contribution is -2.51. The van der Waals surface area contributed by atoms with E-state index in [4.69, 9.17) is 4.74 Å². The molecule has 5 aliphatic rings. The van der Waals surface area contributed by atoms with Crippen molar-refractivity contribution in [3.8, 4) is 0 Å². The SMILES string of the molecule is C1CCN(C2CN(N3CCCCCC3)C(N3CCNCC3)=C2N2CCOCC2)CC1. The first-order chi connectivity index (χ1) is 14.9. The first kappa shape index (κ1) is 20.9. The summed E-state index contributed by atoms with van der Waals surface area (Å²) >= 11 is 0. The van der Waals surface area contributed by atoms with Gasteiger partial charge in [0.2, 0.25) is 0 Å². The van der Waals surface area contributed by atoms with E-state index in [-0.39, 0.29) is 0 Å². The standard InChI is InChI=1S/C23H42N6O/c1-2-7-13-28(12-6-1)29-20-21(25-10-4-3-5-11-25)22(26-16-18-30-19-17-26)23(29)27-14-8-24-9-15-27/h21,24H,1-20H2. The topological polar surface area (TPSA) is 37.5 Å². The molecule has 5 rings (SSSR count). The first-order valence-corrected chi connectivity index (χ1v) is 12.7. The molecule has 0 aromatic rings. The molecular formula is C23H42N6O. The second-order valence-corrected chi connectivity index (χ2v) is 9.61. The Hall–Kier alpha value is -1.02. The van der Waals surface area contributed by atoms with Gasteiger partial charge in [0.25, 0.3) is 0 Å². The molecule has 1 unspecified atom stereocenters. The molecule has 7 nitrogen and oxygen atoms in total. The zero-order chi connectivity index (χ0) is 20.2. The summed E-state index contributed by atoms with van der Waals surface area (Å²) in [5.74, 6) is 1.54. The highest BCUT2D eigenvalue weighted by Gasteiger charge is 2.43. The van der Waals surface area contributed by atoms with Crippen molar-refractivity contribution < 1.29 is 4.74 Å². The van der Waals surface area contributed by atoms with Gasteiger partial charge in [-0.15, -0.1) is 0 Å². The van der Waals surface area contributed by atoms with Crippen LogP contribution in [0.2, 0.25) is 0 Å². The van der Waals surface area contributed by atoms with E-state index in [1.807, 2.05) is 0 Å². The molecule has 170 valence electrons. The van der Waals surface area contributed by atoms with Gasteiger partial charge in [0.15, 0.2) is 0 Å². The Kier molecular flexibility index (Phi) is 7.00. The number of nitrogens with one attached hydrogen (secondary N) is 1. The number of likely N-dealkylation sites (tertiary alicyclic amines) is 1. The molecule has 0 aliphatic carbocycles. The second kappa shape index (κ2) is 10.1. The molecule has 7 heteroatoms. The van der Waals surface area contributed by atoms with Gasteiger partial charge in [-0.1, -0.05) is 19.3 Å². The van der Waals surface area contributed by atoms with Crippen LogP contribution in [0.15, 0.2) is 11.5 Å². The van der Waals surface area contributed by atoms with E-state index in [0.29, 0.717) is 6.04 Å². The molecule has 0 aromatic carbocycles. The molecular weight excluding hydrogens is 376 g/mol. The molecule has 0 aromatic heterocycles. The smallest absolute Gasteiger partial charge is 0.140 e. The lowest BCUT2D eigenvalue weighted by Gasteiger charge is -2.42. The van der Waals surface area contributed by atoms with Crippen molar-refractivity contribution in [3.05, 3.63) is 11.5 Å². The minimum Gasteiger partial charge on any atom is -0.378 e. The lowest BCUT2D eigenvalue weighted by atomic mass is 10.1. The maximum absolute atomic E-state index is 5.75. The van der Waals surface area contributed by atoms with E-state index >= 15 is 0 Å². The number of hydrogen-bond donors (Lipinski definition) is 1. The average Bonchev–Trinajstić information content (AvgIpc) is 3.01. The third-order valence-corrected chi connectivity index (χ3v) is 7.66. The molecule has 1 atom stereocenters. The van der Waals surface area contributed by atoms with E-state index in [1.165, 1.54) is 76.9 Å². The third-order valence-electron chi connectivity index (χ3n) is 7.66. The van der Waals surface area contributed by atoms with E-state index in [2.05, 4.69) is 30.0 Å². The van der Waals surface area contributed by atoms with E-state index < -0.39 is 0 Å². The van der Waals surface area contributed by atoms with Crippen LogP contribution in [0.4, 0.5) is 0 Å². The molecule has 0 spiro atoms. The van der Waals surface area contributed by atoms with Crippen LogP contribution < -0.4 is 5.32 Å². The molecule has 0 saturated carbocycles. The molecule has 0 bridgehead atoms. The molecule has 30 heavy (non-hydrogen) atoms. The Morgan fingerprint density at radius 3 is 2.00 bits per heavy atom. The predicted octanol–water partition coefficient (Wildman–Crippen LogP) is 1.35. The number of piperazine rings is 1. The van der Waals surface area contributed by atoms with Crippen molar-refractivity contribution in [1.29, 1.82) is 0 Å². The molecule has 1 N–H and O–H groups in total. The number of hydrogen-bond acceptors (Lipinski definition) is 7. The van der Waals surface area contributed by atoms with E-state index in [9.17, 15) is 0 Å². The molecule has 0 radical (unpaired) electrons. The number of piperidine rings is 1. The summed E-state index contributed by atoms with van der Waals surface area (Å²) in [6.45, 7) is 14.4. The number of nitrogens with zero attached hydrogens (tertiary/aromatic N) is 5. The fourth-order valence-corrected chi connectivity index (χ4v) is 6.04. The van der Waals surface area contributed by atoms with Crippen molar-refractivity contribution >= 4 is 0 Å². The summed E-state index contributed by atoms with van der Waals surface area (Å²) in [5.41, 5.74) is 1.62. The monoisotopic (exact) mass is 418 g/mol. The summed E-state index contributed by atoms with van der Waals surface area (Å²) in [4.78, 5) is 8.21. The fourth-order valence-electron chi connectivity index (χ4n) is 6.04. The largest absolute Gasteiger partial charge is 0.378 e. The summed E-state index contributed by atoms with van der Waals surface area (Å²) < 4.78 is 5.75. The summed E-state index contributed by atoms with van der Waals surface area (Å²) in [5, 5.41) is 9.02. The van der Waals surface area contributed by atoms with Crippen LogP contribution in [0.1, 0.15) is 44.9 Å². The Balaban J connectivity index is 1.51. The van der Waals surface area contributed by atoms with Gasteiger partial charge in [0, 0.05) is 52.4 Å². The molecule has 0 amide bonds. The average molecular weight is 419 g/mol. The van der Waals surface area contributed by atoms with Crippen LogP contribution in [0.25, 0.3) is 0 Å². The third kappa shape index (κ3) is 4.45. The zero-order valence-corrected chi connectivity index (χ0v) is 18.9. The van der Waals surface area contributed by atoms with Crippen molar-refractivity contribution in [2.24, 2.45) is 0 Å². The van der Waals surface area contributed by atoms with Crippen LogP contribution in [0.5, 0.6) is 0 Å². The minimum absolute atomic E-state index is 0.538. The van der Waals surface area contributed by atoms with Crippen LogP contribution in [0, 0.1) is 0 Å². The Bertz CT molecular complexity index is 572. The molecule has 5 heterocycles. The molecule has 4 saturated heterocycles. The van der Waals surface area contributed by atoms with Gasteiger partial charge < -0.3 is 19.9 Å². The van der Waals surface area contributed by atoms with Gasteiger partial charge in [-0.3, -0.25) is 9.91 Å². The summed E-state index contributed by atoms with van der Waals surface area (Å²) in [6, 6.07) is 0.538. The van der Waals surface area contributed by atoms with Crippen LogP contribution >= 0.6 is 0 Å². The first-order valence-electron chi connectivity index (χ1n) is 12.7. The predicted molar refractivity (Wildman–Crippen MR) is 120 cm³/mol. The second-order valence-electron chi connectivity index (χ2n) is 9.61.